The second kappa shape index (κ2) is 12.0. The van der Waals surface area contributed by atoms with Crippen LogP contribution >= 0.6 is 11.6 Å². The molecule has 100 valence electrons. The van der Waals surface area contributed by atoms with E-state index in [0.717, 1.165) is 12.8 Å². The zero-order valence-electron chi connectivity index (χ0n) is 11.0. The predicted octanol–water partition coefficient (Wildman–Crippen LogP) is 5.16. The normalized spacial score (nSPS) is 10.2. The third-order valence-electron chi connectivity index (χ3n) is 2.71. The molecule has 0 saturated carbocycles. The fourth-order valence-electron chi connectivity index (χ4n) is 1.75. The summed E-state index contributed by atoms with van der Waals surface area (Å²) in [4.78, 5) is 11.1. The first-order chi connectivity index (χ1) is 8.16. The minimum Gasteiger partial charge on any atom is -0.415 e. The summed E-state index contributed by atoms with van der Waals surface area (Å²) in [5.74, 6) is -0.270. The average Bonchev–Trinajstić information content (AvgIpc) is 2.26. The number of carbonyl (C=O) groups excluding carboxylic acids is 1. The first kappa shape index (κ1) is 16.5. The van der Waals surface area contributed by atoms with Crippen LogP contribution in [0.25, 0.3) is 0 Å². The van der Waals surface area contributed by atoms with Crippen LogP contribution in [0.5, 0.6) is 0 Å². The summed E-state index contributed by atoms with van der Waals surface area (Å²) in [5.41, 5.74) is 0. The lowest BCUT2D eigenvalue weighted by molar-refractivity contribution is -0.138. The van der Waals surface area contributed by atoms with Gasteiger partial charge in [0.05, 0.1) is 0 Å². The number of rotatable bonds is 11. The van der Waals surface area contributed by atoms with E-state index in [4.69, 9.17) is 11.6 Å². The molecule has 0 aliphatic rings. The summed E-state index contributed by atoms with van der Waals surface area (Å²) in [7, 11) is 0. The van der Waals surface area contributed by atoms with Gasteiger partial charge < -0.3 is 4.74 Å². The van der Waals surface area contributed by atoms with Crippen molar-refractivity contribution in [3.05, 3.63) is 11.8 Å². The standard InChI is InChI=1S/C14H25ClO2/c1-3-4-5-6-7-8-9-10-11-12-14(16)17-13(2)15/h2-12H2,1H3. The maximum atomic E-state index is 11.1. The largest absolute Gasteiger partial charge is 0.415 e. The molecule has 0 aliphatic heterocycles. The van der Waals surface area contributed by atoms with Crippen molar-refractivity contribution in [1.29, 1.82) is 0 Å². The summed E-state index contributed by atoms with van der Waals surface area (Å²) < 4.78 is 4.65. The number of esters is 1. The van der Waals surface area contributed by atoms with Crippen molar-refractivity contribution in [1.82, 2.24) is 0 Å². The average molecular weight is 261 g/mol. The third kappa shape index (κ3) is 13.4. The van der Waals surface area contributed by atoms with Gasteiger partial charge in [-0.2, -0.15) is 0 Å². The number of ether oxygens (including phenoxy) is 1. The second-order valence-corrected chi connectivity index (χ2v) is 4.83. The topological polar surface area (TPSA) is 26.3 Å². The maximum Gasteiger partial charge on any atom is 0.312 e. The smallest absolute Gasteiger partial charge is 0.312 e. The molecule has 2 nitrogen and oxygen atoms in total. The highest BCUT2D eigenvalue weighted by Gasteiger charge is 2.03. The molecule has 0 unspecified atom stereocenters. The second-order valence-electron chi connectivity index (χ2n) is 4.41. The number of carbonyl (C=O) groups is 1. The maximum absolute atomic E-state index is 11.1. The van der Waals surface area contributed by atoms with Crippen LogP contribution in [0.2, 0.25) is 0 Å². The molecule has 0 aromatic carbocycles. The van der Waals surface area contributed by atoms with Crippen molar-refractivity contribution in [3.8, 4) is 0 Å². The molecule has 0 N–H and O–H groups in total. The lowest BCUT2D eigenvalue weighted by atomic mass is 10.1. The van der Waals surface area contributed by atoms with Crippen LogP contribution in [0, 0.1) is 0 Å². The molecular weight excluding hydrogens is 236 g/mol. The lowest BCUT2D eigenvalue weighted by Gasteiger charge is -2.02. The summed E-state index contributed by atoms with van der Waals surface area (Å²) in [6.07, 6.45) is 11.6. The molecule has 0 aromatic rings. The van der Waals surface area contributed by atoms with E-state index < -0.39 is 0 Å². The van der Waals surface area contributed by atoms with Gasteiger partial charge in [-0.25, -0.2) is 0 Å². The van der Waals surface area contributed by atoms with Gasteiger partial charge in [0.15, 0.2) is 5.22 Å². The Labute approximate surface area is 110 Å². The minimum absolute atomic E-state index is 0.0362. The molecule has 0 heterocycles. The van der Waals surface area contributed by atoms with Crippen molar-refractivity contribution in [3.63, 3.8) is 0 Å². The summed E-state index contributed by atoms with van der Waals surface area (Å²) >= 11 is 5.36. The first-order valence-electron chi connectivity index (χ1n) is 6.72. The number of halogens is 1. The molecule has 0 spiro atoms. The van der Waals surface area contributed by atoms with Crippen molar-refractivity contribution in [2.24, 2.45) is 0 Å². The van der Waals surface area contributed by atoms with Gasteiger partial charge >= 0.3 is 5.97 Å². The van der Waals surface area contributed by atoms with E-state index in [0.29, 0.717) is 6.42 Å². The van der Waals surface area contributed by atoms with Crippen molar-refractivity contribution in [2.75, 3.05) is 0 Å². The Kier molecular flexibility index (Phi) is 11.6. The van der Waals surface area contributed by atoms with Crippen LogP contribution in [0.4, 0.5) is 0 Å². The number of hydrogen-bond acceptors (Lipinski definition) is 2. The minimum atomic E-state index is -0.270. The zero-order valence-corrected chi connectivity index (χ0v) is 11.7. The number of hydrogen-bond donors (Lipinski definition) is 0. The number of unbranched alkanes of at least 4 members (excludes halogenated alkanes) is 8. The Morgan fingerprint density at radius 3 is 1.94 bits per heavy atom. The molecule has 0 aliphatic carbocycles. The molecule has 0 bridgehead atoms. The summed E-state index contributed by atoms with van der Waals surface area (Å²) in [6.45, 7) is 5.54. The van der Waals surface area contributed by atoms with Gasteiger partial charge in [0.1, 0.15) is 0 Å². The van der Waals surface area contributed by atoms with Crippen molar-refractivity contribution >= 4 is 17.6 Å². The Balaban J connectivity index is 3.13. The first-order valence-corrected chi connectivity index (χ1v) is 7.09. The Hall–Kier alpha value is -0.500. The monoisotopic (exact) mass is 260 g/mol. The van der Waals surface area contributed by atoms with E-state index in [1.165, 1.54) is 44.9 Å². The van der Waals surface area contributed by atoms with Crippen LogP contribution in [0.1, 0.15) is 71.1 Å². The van der Waals surface area contributed by atoms with Crippen LogP contribution in [-0.2, 0) is 9.53 Å². The molecule has 0 rings (SSSR count). The van der Waals surface area contributed by atoms with Gasteiger partial charge in [-0.15, -0.1) is 0 Å². The van der Waals surface area contributed by atoms with Crippen molar-refractivity contribution < 1.29 is 9.53 Å². The van der Waals surface area contributed by atoms with Crippen LogP contribution in [0.15, 0.2) is 11.8 Å². The van der Waals surface area contributed by atoms with E-state index in [1.54, 1.807) is 0 Å². The Morgan fingerprint density at radius 2 is 1.47 bits per heavy atom. The van der Waals surface area contributed by atoms with Crippen LogP contribution in [-0.4, -0.2) is 5.97 Å². The van der Waals surface area contributed by atoms with Gasteiger partial charge in [-0.3, -0.25) is 4.79 Å². The van der Waals surface area contributed by atoms with E-state index >= 15 is 0 Å². The molecule has 0 fully saturated rings. The highest BCUT2D eigenvalue weighted by molar-refractivity contribution is 6.28. The van der Waals surface area contributed by atoms with Gasteiger partial charge in [-0.1, -0.05) is 58.3 Å². The predicted molar refractivity (Wildman–Crippen MR) is 72.9 cm³/mol. The van der Waals surface area contributed by atoms with Crippen LogP contribution < -0.4 is 0 Å². The Bertz CT molecular complexity index is 214. The molecular formula is C14H25ClO2. The molecule has 0 amide bonds. The van der Waals surface area contributed by atoms with Gasteiger partial charge in [0, 0.05) is 6.42 Å². The van der Waals surface area contributed by atoms with Crippen LogP contribution in [0.3, 0.4) is 0 Å². The highest BCUT2D eigenvalue weighted by atomic mass is 35.5. The SMILES string of the molecule is C=C(Cl)OC(=O)CCCCCCCCCCC. The Morgan fingerprint density at radius 1 is 1.00 bits per heavy atom. The van der Waals surface area contributed by atoms with Gasteiger partial charge in [0.2, 0.25) is 0 Å². The van der Waals surface area contributed by atoms with E-state index in [9.17, 15) is 4.79 Å². The van der Waals surface area contributed by atoms with Gasteiger partial charge in [0.25, 0.3) is 0 Å². The molecule has 0 aromatic heterocycles. The highest BCUT2D eigenvalue weighted by Crippen LogP contribution is 2.11. The van der Waals surface area contributed by atoms with Gasteiger partial charge in [-0.05, 0) is 24.6 Å². The fraction of sp³-hybridized carbons (Fsp3) is 0.786. The fourth-order valence-corrected chi connectivity index (χ4v) is 1.84. The molecule has 0 radical (unpaired) electrons. The van der Waals surface area contributed by atoms with Crippen molar-refractivity contribution in [2.45, 2.75) is 71.1 Å². The molecule has 0 atom stereocenters. The van der Waals surface area contributed by atoms with E-state index in [2.05, 4.69) is 18.2 Å². The zero-order chi connectivity index (χ0) is 12.9. The summed E-state index contributed by atoms with van der Waals surface area (Å²) in [5, 5.41) is -0.0362. The molecule has 17 heavy (non-hydrogen) atoms. The van der Waals surface area contributed by atoms with E-state index in [-0.39, 0.29) is 11.2 Å². The molecule has 3 heteroatoms. The summed E-state index contributed by atoms with van der Waals surface area (Å²) in [6, 6.07) is 0. The quantitative estimate of drug-likeness (QED) is 0.291. The third-order valence-corrected chi connectivity index (χ3v) is 2.79. The lowest BCUT2D eigenvalue weighted by Crippen LogP contribution is -2.00. The van der Waals surface area contributed by atoms with E-state index in [1.807, 2.05) is 0 Å². The molecule has 0 saturated heterocycles.